The third kappa shape index (κ3) is 7.33. The fourth-order valence-electron chi connectivity index (χ4n) is 11.4. The molecule has 64 heavy (non-hydrogen) atoms. The largest absolute Gasteiger partial charge is 0.390 e. The zero-order valence-corrected chi connectivity index (χ0v) is 36.1. The molecule has 16 heteroatoms. The molecule has 15 nitrogen and oxygen atoms in total. The molecule has 11 atom stereocenters. The number of rotatable bonds is 13. The molecule has 3 saturated carbocycles. The number of nitrogens with zero attached hydrogens (tertiary/aromatic N) is 1. The molecule has 1 saturated heterocycles. The van der Waals surface area contributed by atoms with Gasteiger partial charge < -0.3 is 35.6 Å². The van der Waals surface area contributed by atoms with E-state index in [1.165, 1.54) is 26.0 Å². The van der Waals surface area contributed by atoms with Crippen LogP contribution >= 0.6 is 0 Å². The first kappa shape index (κ1) is 44.9. The lowest BCUT2D eigenvalue weighted by atomic mass is 9.44. The van der Waals surface area contributed by atoms with Gasteiger partial charge in [-0.2, -0.15) is 0 Å². The van der Waals surface area contributed by atoms with E-state index in [0.29, 0.717) is 42.5 Å². The van der Waals surface area contributed by atoms with Crippen molar-refractivity contribution in [1.82, 2.24) is 15.5 Å². The Labute approximate surface area is 369 Å². The lowest BCUT2D eigenvalue weighted by molar-refractivity contribution is -0.231. The number of hydrogen-bond acceptors (Lipinski definition) is 11. The maximum Gasteiger partial charge on any atom is 0.253 e. The standard InChI is InChI=1S/C48H53FN4O11/c1-26(50-39(58)17-19-53-40(59)14-15-41(53)60)42(61)51-27(2)43(62)52-32-7-5-6-29(21-32)20-28-8-10-30(11-9-28)44-63-38-23-35-34-13-12-31-22-33(55)16-18-45(31,3)47(34,49)36(56)24-46(35,4)48(38,64-44)37(57)25-54/h5-11,14-16,18,21-22,26-27,34-36,38,44,54,56H,12-13,17,19-20,23-25H2,1-4H3,(H,50,58)(H,51,61)(H,52,62)/t26-,27-,34-,35-,36-,38+,44+,45-,46-,47-,48+/m0/s1. The third-order valence-electron chi connectivity index (χ3n) is 14.8. The summed E-state index contributed by atoms with van der Waals surface area (Å²) in [6, 6.07) is 12.7. The molecule has 0 radical (unpaired) electrons. The summed E-state index contributed by atoms with van der Waals surface area (Å²) in [5.41, 5.74) is -2.42. The molecule has 6 aliphatic rings. The van der Waals surface area contributed by atoms with Crippen LogP contribution in [0.15, 0.2) is 84.5 Å². The minimum Gasteiger partial charge on any atom is -0.390 e. The molecule has 8 rings (SSSR count). The average molecular weight is 881 g/mol. The van der Waals surface area contributed by atoms with Crippen molar-refractivity contribution < 1.29 is 57.6 Å². The molecule has 338 valence electrons. The molecule has 5 amide bonds. The second-order valence-electron chi connectivity index (χ2n) is 18.4. The molecule has 5 N–H and O–H groups in total. The van der Waals surface area contributed by atoms with Crippen molar-refractivity contribution >= 4 is 46.8 Å². The Morgan fingerprint density at radius 1 is 0.922 bits per heavy atom. The van der Waals surface area contributed by atoms with Crippen molar-refractivity contribution in [1.29, 1.82) is 0 Å². The van der Waals surface area contributed by atoms with Crippen molar-refractivity contribution in [3.63, 3.8) is 0 Å². The first-order chi connectivity index (χ1) is 30.3. The zero-order chi connectivity index (χ0) is 45.9. The van der Waals surface area contributed by atoms with Gasteiger partial charge in [0.15, 0.2) is 29.1 Å². The number of aliphatic hydroxyl groups is 2. The Morgan fingerprint density at radius 2 is 1.62 bits per heavy atom. The van der Waals surface area contributed by atoms with E-state index < -0.39 is 106 Å². The number of aliphatic hydroxyl groups excluding tert-OH is 2. The van der Waals surface area contributed by atoms with Crippen LogP contribution in [0.2, 0.25) is 0 Å². The summed E-state index contributed by atoms with van der Waals surface area (Å²) in [6.45, 7) is 5.60. The van der Waals surface area contributed by atoms with E-state index >= 15 is 4.39 Å². The van der Waals surface area contributed by atoms with Gasteiger partial charge in [0.2, 0.25) is 17.7 Å². The van der Waals surface area contributed by atoms with Crippen LogP contribution in [-0.4, -0.2) is 105 Å². The number of allylic oxidation sites excluding steroid dienone is 4. The Hall–Kier alpha value is -5.68. The molecule has 0 unspecified atom stereocenters. The van der Waals surface area contributed by atoms with Crippen LogP contribution in [0.3, 0.4) is 0 Å². The minimum atomic E-state index is -2.10. The van der Waals surface area contributed by atoms with Crippen molar-refractivity contribution in [3.8, 4) is 0 Å². The predicted molar refractivity (Wildman–Crippen MR) is 227 cm³/mol. The number of alkyl halides is 1. The second-order valence-corrected chi connectivity index (χ2v) is 18.4. The number of benzene rings is 2. The second kappa shape index (κ2) is 16.7. The fourth-order valence-corrected chi connectivity index (χ4v) is 11.4. The van der Waals surface area contributed by atoms with Crippen LogP contribution < -0.4 is 16.0 Å². The van der Waals surface area contributed by atoms with Gasteiger partial charge >= 0.3 is 0 Å². The first-order valence-corrected chi connectivity index (χ1v) is 21.7. The lowest BCUT2D eigenvalue weighted by Crippen LogP contribution is -2.69. The number of ketones is 2. The summed E-state index contributed by atoms with van der Waals surface area (Å²) in [6.07, 6.45) is 4.75. The van der Waals surface area contributed by atoms with Gasteiger partial charge in [-0.25, -0.2) is 4.39 Å². The summed E-state index contributed by atoms with van der Waals surface area (Å²) in [5, 5.41) is 30.0. The SMILES string of the molecule is C[C@H](NC(=O)CCN1C(=O)C=CC1=O)C(=O)N[C@@H](C)C(=O)Nc1cccc(Cc2ccc([C@@H]3O[C@@H]4C[C@H]5[C@@H]6CCC7=CC(=O)C=C[C@]7(C)[C@@]6(F)[C@@H](O)C[C@]5(C)[C@]4(C(=O)CO)O3)cc2)c1. The normalized spacial score (nSPS) is 33.4. The van der Waals surface area contributed by atoms with Gasteiger partial charge in [0.05, 0.1) is 12.2 Å². The highest BCUT2D eigenvalue weighted by Gasteiger charge is 2.79. The monoisotopic (exact) mass is 880 g/mol. The predicted octanol–water partition coefficient (Wildman–Crippen LogP) is 3.24. The quantitative estimate of drug-likeness (QED) is 0.184. The molecule has 2 heterocycles. The van der Waals surface area contributed by atoms with Crippen LogP contribution in [0.4, 0.5) is 10.1 Å². The van der Waals surface area contributed by atoms with Crippen LogP contribution in [0, 0.1) is 22.7 Å². The van der Waals surface area contributed by atoms with E-state index in [1.807, 2.05) is 37.3 Å². The van der Waals surface area contributed by atoms with Gasteiger partial charge in [-0.3, -0.25) is 38.5 Å². The molecule has 0 bridgehead atoms. The average Bonchev–Trinajstić information content (AvgIpc) is 3.88. The summed E-state index contributed by atoms with van der Waals surface area (Å²) < 4.78 is 30.9. The van der Waals surface area contributed by atoms with Crippen molar-refractivity contribution in [2.75, 3.05) is 18.5 Å². The van der Waals surface area contributed by atoms with Gasteiger partial charge in [-0.15, -0.1) is 0 Å². The van der Waals surface area contributed by atoms with E-state index in [4.69, 9.17) is 9.47 Å². The van der Waals surface area contributed by atoms with Crippen LogP contribution in [0.5, 0.6) is 0 Å². The Balaban J connectivity index is 0.879. The molecule has 4 fully saturated rings. The fraction of sp³-hybridized carbons (Fsp3) is 0.479. The highest BCUT2D eigenvalue weighted by Crippen LogP contribution is 2.72. The zero-order valence-electron chi connectivity index (χ0n) is 36.1. The Bertz CT molecular complexity index is 2380. The Kier molecular flexibility index (Phi) is 11.7. The van der Waals surface area contributed by atoms with Crippen LogP contribution in [0.1, 0.15) is 82.8 Å². The molecular weight excluding hydrogens is 828 g/mol. The lowest BCUT2D eigenvalue weighted by Gasteiger charge is -2.62. The number of nitrogens with one attached hydrogen (secondary N) is 3. The number of hydrogen-bond donors (Lipinski definition) is 5. The van der Waals surface area contributed by atoms with Crippen LogP contribution in [-0.2, 0) is 49.5 Å². The van der Waals surface area contributed by atoms with Crippen LogP contribution in [0.25, 0.3) is 0 Å². The maximum absolute atomic E-state index is 17.7. The molecule has 2 aromatic carbocycles. The summed E-state index contributed by atoms with van der Waals surface area (Å²) in [4.78, 5) is 88.7. The van der Waals surface area contributed by atoms with Gasteiger partial charge in [0.25, 0.3) is 11.8 Å². The number of imide groups is 1. The summed E-state index contributed by atoms with van der Waals surface area (Å²) in [5.74, 6) is -4.51. The number of anilines is 1. The van der Waals surface area contributed by atoms with E-state index in [2.05, 4.69) is 16.0 Å². The summed E-state index contributed by atoms with van der Waals surface area (Å²) >= 11 is 0. The number of amides is 5. The first-order valence-electron chi connectivity index (χ1n) is 21.7. The van der Waals surface area contributed by atoms with E-state index in [9.17, 15) is 43.8 Å². The molecule has 0 aromatic heterocycles. The molecule has 2 aliphatic heterocycles. The molecular formula is C48H53FN4O11. The van der Waals surface area contributed by atoms with E-state index in [0.717, 1.165) is 28.2 Å². The highest BCUT2D eigenvalue weighted by molar-refractivity contribution is 6.13. The molecule has 0 spiro atoms. The molecule has 2 aromatic rings. The van der Waals surface area contributed by atoms with E-state index in [1.54, 1.807) is 31.2 Å². The van der Waals surface area contributed by atoms with Crippen molar-refractivity contribution in [3.05, 3.63) is 101 Å². The topological polar surface area (TPSA) is 218 Å². The number of carbonyl (C=O) groups excluding carboxylic acids is 7. The van der Waals surface area contributed by atoms with Gasteiger partial charge in [-0.05, 0) is 94.2 Å². The minimum absolute atomic E-state index is 0.104. The molecule has 4 aliphatic carbocycles. The third-order valence-corrected chi connectivity index (χ3v) is 14.8. The Morgan fingerprint density at radius 3 is 2.33 bits per heavy atom. The van der Waals surface area contributed by atoms with Gasteiger partial charge in [0.1, 0.15) is 18.7 Å². The number of carbonyl (C=O) groups is 7. The smallest absolute Gasteiger partial charge is 0.253 e. The number of fused-ring (bicyclic) bond motifs is 7. The van der Waals surface area contributed by atoms with Crippen molar-refractivity contribution in [2.45, 2.75) is 108 Å². The number of ether oxygens (including phenoxy) is 2. The van der Waals surface area contributed by atoms with Gasteiger partial charge in [0, 0.05) is 53.1 Å². The summed E-state index contributed by atoms with van der Waals surface area (Å²) in [7, 11) is 0. The maximum atomic E-state index is 17.7. The number of halogens is 1. The van der Waals surface area contributed by atoms with Crippen molar-refractivity contribution in [2.24, 2.45) is 22.7 Å². The van der Waals surface area contributed by atoms with Gasteiger partial charge in [-0.1, -0.05) is 55.0 Å². The number of Topliss-reactive ketones (excluding diaryl/α,β-unsaturated/α-hetero) is 1. The highest BCUT2D eigenvalue weighted by atomic mass is 19.1. The van der Waals surface area contributed by atoms with E-state index in [-0.39, 0.29) is 25.2 Å².